The molecule has 110 valence electrons. The van der Waals surface area contributed by atoms with E-state index in [1.807, 2.05) is 6.92 Å². The topological polar surface area (TPSA) is 55.4 Å². The Morgan fingerprint density at radius 3 is 2.80 bits per heavy atom. The van der Waals surface area contributed by atoms with E-state index in [-0.39, 0.29) is 17.8 Å². The van der Waals surface area contributed by atoms with Gasteiger partial charge in [-0.2, -0.15) is 0 Å². The number of aryl methyl sites for hydroxylation is 1. The van der Waals surface area contributed by atoms with Crippen molar-refractivity contribution in [1.29, 1.82) is 0 Å². The summed E-state index contributed by atoms with van der Waals surface area (Å²) in [6.45, 7) is 2.35. The normalized spacial score (nSPS) is 13.7. The summed E-state index contributed by atoms with van der Waals surface area (Å²) in [6, 6.07) is 0. The van der Waals surface area contributed by atoms with Crippen molar-refractivity contribution in [2.75, 3.05) is 17.8 Å². The molecule has 1 heterocycles. The molecule has 2 rings (SSSR count). The van der Waals surface area contributed by atoms with Crippen LogP contribution in [0.4, 0.5) is 5.00 Å². The zero-order chi connectivity index (χ0) is 14.5. The Balaban J connectivity index is 2.31. The van der Waals surface area contributed by atoms with Gasteiger partial charge < -0.3 is 10.1 Å². The van der Waals surface area contributed by atoms with Gasteiger partial charge in [0.1, 0.15) is 10.9 Å². The predicted molar refractivity (Wildman–Crippen MR) is 80.9 cm³/mol. The number of rotatable bonds is 5. The Hall–Kier alpha value is -1.07. The van der Waals surface area contributed by atoms with Crippen LogP contribution in [0, 0.1) is 0 Å². The Kier molecular flexibility index (Phi) is 5.43. The molecule has 0 atom stereocenters. The molecule has 0 bridgehead atoms. The van der Waals surface area contributed by atoms with E-state index in [0.29, 0.717) is 17.2 Å². The number of fused-ring (bicyclic) bond motifs is 1. The third-order valence-electron chi connectivity index (χ3n) is 3.19. The highest BCUT2D eigenvalue weighted by Gasteiger charge is 2.27. The number of hydrogen-bond donors (Lipinski definition) is 1. The van der Waals surface area contributed by atoms with Crippen LogP contribution in [0.3, 0.4) is 0 Å². The Bertz CT molecular complexity index is 513. The number of esters is 1. The lowest BCUT2D eigenvalue weighted by Crippen LogP contribution is -2.16. The highest BCUT2D eigenvalue weighted by molar-refractivity contribution is 7.17. The van der Waals surface area contributed by atoms with E-state index in [9.17, 15) is 9.59 Å². The first kappa shape index (κ1) is 15.3. The lowest BCUT2D eigenvalue weighted by atomic mass is 9.95. The summed E-state index contributed by atoms with van der Waals surface area (Å²) >= 11 is 7.00. The van der Waals surface area contributed by atoms with Gasteiger partial charge >= 0.3 is 5.97 Å². The molecule has 1 amide bonds. The van der Waals surface area contributed by atoms with Crippen LogP contribution in [-0.2, 0) is 22.4 Å². The van der Waals surface area contributed by atoms with E-state index in [1.54, 1.807) is 0 Å². The van der Waals surface area contributed by atoms with Gasteiger partial charge in [0.25, 0.3) is 0 Å². The van der Waals surface area contributed by atoms with Crippen molar-refractivity contribution in [3.05, 3.63) is 16.0 Å². The average Bonchev–Trinajstić information content (AvgIpc) is 2.82. The number of ether oxygens (including phenoxy) is 1. The van der Waals surface area contributed by atoms with Gasteiger partial charge in [0.05, 0.1) is 12.2 Å². The first-order valence-electron chi connectivity index (χ1n) is 6.84. The molecule has 1 N–H and O–H groups in total. The van der Waals surface area contributed by atoms with Gasteiger partial charge in [0.2, 0.25) is 5.91 Å². The number of thiophene rings is 1. The van der Waals surface area contributed by atoms with E-state index in [1.165, 1.54) is 16.2 Å². The third kappa shape index (κ3) is 3.33. The lowest BCUT2D eigenvalue weighted by molar-refractivity contribution is -0.113. The van der Waals surface area contributed by atoms with E-state index in [0.717, 1.165) is 37.7 Å². The minimum Gasteiger partial charge on any atom is -0.462 e. The van der Waals surface area contributed by atoms with Gasteiger partial charge in [-0.05, 0) is 37.7 Å². The molecule has 0 spiro atoms. The fourth-order valence-electron chi connectivity index (χ4n) is 2.30. The van der Waals surface area contributed by atoms with Crippen LogP contribution in [0.5, 0.6) is 0 Å². The molecule has 6 heteroatoms. The molecule has 0 saturated carbocycles. The zero-order valence-electron chi connectivity index (χ0n) is 11.5. The Morgan fingerprint density at radius 1 is 1.35 bits per heavy atom. The fourth-order valence-corrected chi connectivity index (χ4v) is 3.66. The standard InChI is InChI=1S/C14H18ClNO3S/c1-2-7-19-14(18)12-9-5-3-4-6-10(9)20-13(12)16-11(17)8-15/h2-8H2,1H3,(H,16,17). The number of nitrogens with one attached hydrogen (secondary N) is 1. The molecule has 0 radical (unpaired) electrons. The minimum absolute atomic E-state index is 0.119. The predicted octanol–water partition coefficient (Wildman–Crippen LogP) is 3.37. The first-order valence-corrected chi connectivity index (χ1v) is 8.20. The molecule has 0 aromatic carbocycles. The van der Waals surface area contributed by atoms with Crippen molar-refractivity contribution in [3.63, 3.8) is 0 Å². The molecule has 1 aliphatic carbocycles. The molecule has 1 aromatic rings. The molecular formula is C14H18ClNO3S. The summed E-state index contributed by atoms with van der Waals surface area (Å²) in [6.07, 6.45) is 4.81. The van der Waals surface area contributed by atoms with Crippen LogP contribution in [0.1, 0.15) is 47.0 Å². The molecule has 1 aromatic heterocycles. The summed E-state index contributed by atoms with van der Waals surface area (Å²) in [7, 11) is 0. The molecule has 20 heavy (non-hydrogen) atoms. The molecule has 0 unspecified atom stereocenters. The zero-order valence-corrected chi connectivity index (χ0v) is 13.0. The summed E-state index contributed by atoms with van der Waals surface area (Å²) < 4.78 is 5.24. The lowest BCUT2D eigenvalue weighted by Gasteiger charge is -2.12. The number of carbonyl (C=O) groups excluding carboxylic acids is 2. The summed E-state index contributed by atoms with van der Waals surface area (Å²) in [4.78, 5) is 24.9. The first-order chi connectivity index (χ1) is 9.67. The maximum Gasteiger partial charge on any atom is 0.341 e. The summed E-state index contributed by atoms with van der Waals surface area (Å²) in [5.41, 5.74) is 1.59. The van der Waals surface area contributed by atoms with Crippen molar-refractivity contribution in [2.24, 2.45) is 0 Å². The van der Waals surface area contributed by atoms with Crippen LogP contribution in [0.25, 0.3) is 0 Å². The number of amides is 1. The van der Waals surface area contributed by atoms with Crippen LogP contribution >= 0.6 is 22.9 Å². The van der Waals surface area contributed by atoms with E-state index in [4.69, 9.17) is 16.3 Å². The van der Waals surface area contributed by atoms with Gasteiger partial charge in [-0.3, -0.25) is 4.79 Å². The van der Waals surface area contributed by atoms with Crippen molar-refractivity contribution >= 4 is 39.8 Å². The second-order valence-corrected chi connectivity index (χ2v) is 6.11. The summed E-state index contributed by atoms with van der Waals surface area (Å²) in [5.74, 6) is -0.752. The molecular weight excluding hydrogens is 298 g/mol. The quantitative estimate of drug-likeness (QED) is 0.669. The van der Waals surface area contributed by atoms with Crippen molar-refractivity contribution < 1.29 is 14.3 Å². The SMILES string of the molecule is CCCOC(=O)c1c(NC(=O)CCl)sc2c1CCCC2. The Morgan fingerprint density at radius 2 is 2.10 bits per heavy atom. The fraction of sp³-hybridized carbons (Fsp3) is 0.571. The van der Waals surface area contributed by atoms with Gasteiger partial charge in [-0.15, -0.1) is 22.9 Å². The molecule has 4 nitrogen and oxygen atoms in total. The van der Waals surface area contributed by atoms with Crippen molar-refractivity contribution in [1.82, 2.24) is 0 Å². The van der Waals surface area contributed by atoms with E-state index in [2.05, 4.69) is 5.32 Å². The highest BCUT2D eigenvalue weighted by Crippen LogP contribution is 2.38. The molecule has 1 aliphatic rings. The maximum atomic E-state index is 12.2. The highest BCUT2D eigenvalue weighted by atomic mass is 35.5. The third-order valence-corrected chi connectivity index (χ3v) is 4.64. The van der Waals surface area contributed by atoms with Gasteiger partial charge in [-0.25, -0.2) is 4.79 Å². The molecule has 0 aliphatic heterocycles. The minimum atomic E-state index is -0.337. The van der Waals surface area contributed by atoms with Gasteiger partial charge in [0, 0.05) is 4.88 Å². The number of anilines is 1. The van der Waals surface area contributed by atoms with Crippen LogP contribution in [0.15, 0.2) is 0 Å². The average molecular weight is 316 g/mol. The smallest absolute Gasteiger partial charge is 0.341 e. The number of alkyl halides is 1. The number of halogens is 1. The summed E-state index contributed by atoms with van der Waals surface area (Å²) in [5, 5.41) is 3.31. The van der Waals surface area contributed by atoms with Crippen LogP contribution < -0.4 is 5.32 Å². The van der Waals surface area contributed by atoms with Crippen LogP contribution in [-0.4, -0.2) is 24.4 Å². The number of carbonyl (C=O) groups is 2. The van der Waals surface area contributed by atoms with E-state index < -0.39 is 0 Å². The Labute approximate surface area is 127 Å². The monoisotopic (exact) mass is 315 g/mol. The van der Waals surface area contributed by atoms with Gasteiger partial charge in [-0.1, -0.05) is 6.92 Å². The molecule has 0 fully saturated rings. The second kappa shape index (κ2) is 7.09. The largest absolute Gasteiger partial charge is 0.462 e. The molecule has 0 saturated heterocycles. The van der Waals surface area contributed by atoms with Crippen molar-refractivity contribution in [2.45, 2.75) is 39.0 Å². The van der Waals surface area contributed by atoms with Gasteiger partial charge in [0.15, 0.2) is 0 Å². The van der Waals surface area contributed by atoms with Crippen LogP contribution in [0.2, 0.25) is 0 Å². The van der Waals surface area contributed by atoms with E-state index >= 15 is 0 Å². The number of hydrogen-bond acceptors (Lipinski definition) is 4. The second-order valence-electron chi connectivity index (χ2n) is 4.73. The maximum absolute atomic E-state index is 12.2. The van der Waals surface area contributed by atoms with Crippen molar-refractivity contribution in [3.8, 4) is 0 Å².